The van der Waals surface area contributed by atoms with Crippen molar-refractivity contribution in [2.24, 2.45) is 11.3 Å². The second-order valence-corrected chi connectivity index (χ2v) is 7.01. The SMILES string of the molecule is CCC(CCOCC(C)C)(CNC(=O)OC(C)(C)C)C(=O)O. The van der Waals surface area contributed by atoms with Gasteiger partial charge in [0.1, 0.15) is 5.60 Å². The van der Waals surface area contributed by atoms with E-state index < -0.39 is 23.1 Å². The van der Waals surface area contributed by atoms with E-state index in [4.69, 9.17) is 9.47 Å². The number of nitrogens with one attached hydrogen (secondary N) is 1. The van der Waals surface area contributed by atoms with Gasteiger partial charge in [0, 0.05) is 19.8 Å². The van der Waals surface area contributed by atoms with Gasteiger partial charge < -0.3 is 19.9 Å². The van der Waals surface area contributed by atoms with E-state index in [2.05, 4.69) is 5.32 Å². The van der Waals surface area contributed by atoms with Crippen molar-refractivity contribution in [1.29, 1.82) is 0 Å². The summed E-state index contributed by atoms with van der Waals surface area (Å²) in [6.45, 7) is 12.1. The van der Waals surface area contributed by atoms with E-state index in [1.165, 1.54) is 0 Å². The van der Waals surface area contributed by atoms with Gasteiger partial charge in [-0.3, -0.25) is 4.79 Å². The van der Waals surface area contributed by atoms with Crippen LogP contribution in [-0.2, 0) is 14.3 Å². The summed E-state index contributed by atoms with van der Waals surface area (Å²) in [5, 5.41) is 12.1. The highest BCUT2D eigenvalue weighted by molar-refractivity contribution is 5.76. The molecule has 0 fully saturated rings. The molecule has 0 aromatic rings. The summed E-state index contributed by atoms with van der Waals surface area (Å²) in [5.74, 6) is -0.528. The van der Waals surface area contributed by atoms with E-state index in [1.54, 1.807) is 27.7 Å². The highest BCUT2D eigenvalue weighted by Gasteiger charge is 2.37. The third kappa shape index (κ3) is 8.22. The number of carboxylic acids is 1. The van der Waals surface area contributed by atoms with Crippen LogP contribution in [0.1, 0.15) is 54.4 Å². The molecule has 0 saturated carbocycles. The fourth-order valence-electron chi connectivity index (χ4n) is 1.87. The van der Waals surface area contributed by atoms with E-state index in [9.17, 15) is 14.7 Å². The van der Waals surface area contributed by atoms with Crippen LogP contribution in [0.2, 0.25) is 0 Å². The Hall–Kier alpha value is -1.30. The Labute approximate surface area is 133 Å². The number of hydrogen-bond acceptors (Lipinski definition) is 4. The number of amides is 1. The average molecular weight is 317 g/mol. The molecule has 0 aliphatic rings. The minimum absolute atomic E-state index is 0.0266. The highest BCUT2D eigenvalue weighted by Crippen LogP contribution is 2.26. The quantitative estimate of drug-likeness (QED) is 0.638. The van der Waals surface area contributed by atoms with Gasteiger partial charge in [0.25, 0.3) is 0 Å². The number of alkyl carbamates (subject to hydrolysis) is 1. The zero-order valence-electron chi connectivity index (χ0n) is 14.7. The molecular weight excluding hydrogens is 286 g/mol. The molecule has 0 rings (SSSR count). The lowest BCUT2D eigenvalue weighted by atomic mass is 9.82. The lowest BCUT2D eigenvalue weighted by molar-refractivity contribution is -0.150. The van der Waals surface area contributed by atoms with Crippen molar-refractivity contribution < 1.29 is 24.2 Å². The zero-order valence-corrected chi connectivity index (χ0v) is 14.7. The number of hydrogen-bond donors (Lipinski definition) is 2. The van der Waals surface area contributed by atoms with Gasteiger partial charge in [-0.1, -0.05) is 20.8 Å². The third-order valence-corrected chi connectivity index (χ3v) is 3.28. The Morgan fingerprint density at radius 3 is 2.23 bits per heavy atom. The highest BCUT2D eigenvalue weighted by atomic mass is 16.6. The fourth-order valence-corrected chi connectivity index (χ4v) is 1.87. The second-order valence-electron chi connectivity index (χ2n) is 7.01. The van der Waals surface area contributed by atoms with E-state index in [0.29, 0.717) is 32.0 Å². The van der Waals surface area contributed by atoms with Gasteiger partial charge in [-0.25, -0.2) is 4.79 Å². The molecule has 0 radical (unpaired) electrons. The third-order valence-electron chi connectivity index (χ3n) is 3.28. The lowest BCUT2D eigenvalue weighted by Crippen LogP contribution is -2.45. The molecule has 1 unspecified atom stereocenters. The normalized spacial score (nSPS) is 14.5. The van der Waals surface area contributed by atoms with Crippen molar-refractivity contribution in [2.75, 3.05) is 19.8 Å². The van der Waals surface area contributed by atoms with Gasteiger partial charge in [-0.15, -0.1) is 0 Å². The lowest BCUT2D eigenvalue weighted by Gasteiger charge is -2.29. The van der Waals surface area contributed by atoms with Gasteiger partial charge >= 0.3 is 12.1 Å². The van der Waals surface area contributed by atoms with E-state index >= 15 is 0 Å². The summed E-state index contributed by atoms with van der Waals surface area (Å²) in [6, 6.07) is 0. The molecule has 0 bridgehead atoms. The van der Waals surface area contributed by atoms with Crippen molar-refractivity contribution in [3.63, 3.8) is 0 Å². The maximum absolute atomic E-state index is 11.7. The molecule has 0 saturated heterocycles. The molecule has 22 heavy (non-hydrogen) atoms. The maximum Gasteiger partial charge on any atom is 0.407 e. The van der Waals surface area contributed by atoms with Crippen LogP contribution in [0.4, 0.5) is 4.79 Å². The number of ether oxygens (including phenoxy) is 2. The standard InChI is InChI=1S/C16H31NO5/c1-7-16(13(18)19,8-9-21-10-12(2)3)11-17-14(20)22-15(4,5)6/h12H,7-11H2,1-6H3,(H,17,20)(H,18,19). The zero-order chi connectivity index (χ0) is 17.4. The Morgan fingerprint density at radius 1 is 1.23 bits per heavy atom. The first kappa shape index (κ1) is 20.7. The number of aliphatic carboxylic acids is 1. The predicted molar refractivity (Wildman–Crippen MR) is 84.9 cm³/mol. The Bertz CT molecular complexity index is 362. The van der Waals surface area contributed by atoms with Crippen molar-refractivity contribution in [1.82, 2.24) is 5.32 Å². The second kappa shape index (κ2) is 8.98. The molecular formula is C16H31NO5. The monoisotopic (exact) mass is 317 g/mol. The molecule has 0 heterocycles. The van der Waals surface area contributed by atoms with Gasteiger partial charge in [0.05, 0.1) is 5.41 Å². The number of rotatable bonds is 9. The van der Waals surface area contributed by atoms with Crippen molar-refractivity contribution in [3.8, 4) is 0 Å². The van der Waals surface area contributed by atoms with Gasteiger partial charge in [0.15, 0.2) is 0 Å². The average Bonchev–Trinajstić information content (AvgIpc) is 2.35. The number of carbonyl (C=O) groups excluding carboxylic acids is 1. The molecule has 2 N–H and O–H groups in total. The largest absolute Gasteiger partial charge is 0.481 e. The summed E-state index contributed by atoms with van der Waals surface area (Å²) in [5.41, 5.74) is -1.64. The number of carbonyl (C=O) groups is 2. The molecule has 0 aliphatic heterocycles. The van der Waals surface area contributed by atoms with Crippen LogP contribution in [0.3, 0.4) is 0 Å². The molecule has 0 spiro atoms. The van der Waals surface area contributed by atoms with Crippen molar-refractivity contribution >= 4 is 12.1 Å². The first-order valence-electron chi connectivity index (χ1n) is 7.80. The molecule has 1 amide bonds. The molecule has 6 heteroatoms. The topological polar surface area (TPSA) is 84.9 Å². The van der Waals surface area contributed by atoms with Crippen LogP contribution in [-0.4, -0.2) is 42.5 Å². The molecule has 0 aromatic heterocycles. The minimum atomic E-state index is -1.03. The van der Waals surface area contributed by atoms with Crippen LogP contribution in [0.25, 0.3) is 0 Å². The van der Waals surface area contributed by atoms with Gasteiger partial charge in [-0.05, 0) is 39.5 Å². The van der Waals surface area contributed by atoms with Gasteiger partial charge in [-0.2, -0.15) is 0 Å². The van der Waals surface area contributed by atoms with Crippen LogP contribution in [0.5, 0.6) is 0 Å². The van der Waals surface area contributed by atoms with E-state index in [-0.39, 0.29) is 6.54 Å². The van der Waals surface area contributed by atoms with Crippen molar-refractivity contribution in [2.45, 2.75) is 60.0 Å². The van der Waals surface area contributed by atoms with Crippen LogP contribution < -0.4 is 5.32 Å². The first-order valence-corrected chi connectivity index (χ1v) is 7.80. The summed E-state index contributed by atoms with van der Waals surface area (Å²) in [7, 11) is 0. The Morgan fingerprint density at radius 2 is 1.82 bits per heavy atom. The molecule has 6 nitrogen and oxygen atoms in total. The molecule has 130 valence electrons. The summed E-state index contributed by atoms with van der Waals surface area (Å²) < 4.78 is 10.6. The van der Waals surface area contributed by atoms with E-state index in [1.807, 2.05) is 13.8 Å². The Balaban J connectivity index is 4.56. The molecule has 1 atom stereocenters. The van der Waals surface area contributed by atoms with Crippen LogP contribution in [0.15, 0.2) is 0 Å². The van der Waals surface area contributed by atoms with Crippen molar-refractivity contribution in [3.05, 3.63) is 0 Å². The van der Waals surface area contributed by atoms with Crippen LogP contribution >= 0.6 is 0 Å². The number of carboxylic acid groups (broad SMARTS) is 1. The summed E-state index contributed by atoms with van der Waals surface area (Å²) in [4.78, 5) is 23.3. The summed E-state index contributed by atoms with van der Waals surface area (Å²) in [6.07, 6.45) is 0.152. The van der Waals surface area contributed by atoms with E-state index in [0.717, 1.165) is 0 Å². The summed E-state index contributed by atoms with van der Waals surface area (Å²) >= 11 is 0. The smallest absolute Gasteiger partial charge is 0.407 e. The maximum atomic E-state index is 11.7. The van der Waals surface area contributed by atoms with Crippen LogP contribution in [0, 0.1) is 11.3 Å². The first-order chi connectivity index (χ1) is 10.0. The molecule has 0 aromatic carbocycles. The predicted octanol–water partition coefficient (Wildman–Crippen LogP) is 3.05. The molecule has 0 aliphatic carbocycles. The Kier molecular flexibility index (Phi) is 8.45. The fraction of sp³-hybridized carbons (Fsp3) is 0.875. The van der Waals surface area contributed by atoms with Gasteiger partial charge in [0.2, 0.25) is 0 Å². The minimum Gasteiger partial charge on any atom is -0.481 e.